The molecule has 4 rings (SSSR count). The second-order valence-corrected chi connectivity index (χ2v) is 7.23. The van der Waals surface area contributed by atoms with Crippen LogP contribution in [0.1, 0.15) is 36.6 Å². The van der Waals surface area contributed by atoms with E-state index in [1.54, 1.807) is 28.3 Å². The largest absolute Gasteiger partial charge is 0.324 e. The van der Waals surface area contributed by atoms with Gasteiger partial charge in [-0.1, -0.05) is 6.92 Å². The quantitative estimate of drug-likeness (QED) is 0.783. The van der Waals surface area contributed by atoms with Gasteiger partial charge in [0.2, 0.25) is 5.95 Å². The van der Waals surface area contributed by atoms with Crippen molar-refractivity contribution in [2.75, 3.05) is 5.32 Å². The van der Waals surface area contributed by atoms with Crippen LogP contribution in [0.5, 0.6) is 0 Å². The van der Waals surface area contributed by atoms with Gasteiger partial charge in [0.15, 0.2) is 0 Å². The van der Waals surface area contributed by atoms with Gasteiger partial charge < -0.3 is 5.32 Å². The zero-order chi connectivity index (χ0) is 16.5. The van der Waals surface area contributed by atoms with Crippen LogP contribution >= 0.6 is 11.3 Å². The molecule has 0 aliphatic heterocycles. The van der Waals surface area contributed by atoms with Gasteiger partial charge in [-0.05, 0) is 49.8 Å². The Labute approximate surface area is 144 Å². The molecule has 1 aliphatic rings. The maximum absolute atomic E-state index is 13.1. The fraction of sp³-hybridized carbons (Fsp3) is 0.389. The first-order chi connectivity index (χ1) is 11.8. The molecular weight excluding hydrogens is 320 g/mol. The van der Waals surface area contributed by atoms with E-state index < -0.39 is 0 Å². The molecule has 0 atom stereocenters. The molecule has 5 nitrogen and oxygen atoms in total. The van der Waals surface area contributed by atoms with Crippen molar-refractivity contribution in [1.29, 1.82) is 0 Å². The van der Waals surface area contributed by atoms with Crippen molar-refractivity contribution in [2.45, 2.75) is 45.6 Å². The van der Waals surface area contributed by atoms with Crippen molar-refractivity contribution in [2.24, 2.45) is 0 Å². The Bertz CT molecular complexity index is 930. The van der Waals surface area contributed by atoms with Gasteiger partial charge in [0, 0.05) is 17.6 Å². The predicted octanol–water partition coefficient (Wildman–Crippen LogP) is 3.89. The third-order valence-corrected chi connectivity index (χ3v) is 5.63. The average molecular weight is 340 g/mol. The summed E-state index contributed by atoms with van der Waals surface area (Å²) in [7, 11) is 0. The Balaban J connectivity index is 1.89. The van der Waals surface area contributed by atoms with Crippen molar-refractivity contribution < 1.29 is 0 Å². The maximum Gasteiger partial charge on any atom is 0.263 e. The SMILES string of the molecule is CCCn1c(Nc2cccnc2)nc2sc3c(c2c1=O)CCCC3. The number of fused-ring (bicyclic) bond motifs is 3. The van der Waals surface area contributed by atoms with E-state index in [9.17, 15) is 4.79 Å². The molecule has 1 N–H and O–H groups in total. The van der Waals surface area contributed by atoms with Gasteiger partial charge in [0.1, 0.15) is 4.83 Å². The second kappa shape index (κ2) is 6.36. The summed E-state index contributed by atoms with van der Waals surface area (Å²) in [5, 5.41) is 4.11. The lowest BCUT2D eigenvalue weighted by atomic mass is 9.97. The molecule has 24 heavy (non-hydrogen) atoms. The smallest absolute Gasteiger partial charge is 0.263 e. The highest BCUT2D eigenvalue weighted by molar-refractivity contribution is 7.18. The maximum atomic E-state index is 13.1. The van der Waals surface area contributed by atoms with Gasteiger partial charge in [-0.3, -0.25) is 14.3 Å². The minimum atomic E-state index is 0.0904. The molecule has 0 saturated heterocycles. The Morgan fingerprint density at radius 1 is 1.33 bits per heavy atom. The zero-order valence-corrected chi connectivity index (χ0v) is 14.5. The average Bonchev–Trinajstić information content (AvgIpc) is 2.97. The van der Waals surface area contributed by atoms with Gasteiger partial charge in [-0.15, -0.1) is 11.3 Å². The highest BCUT2D eigenvalue weighted by atomic mass is 32.1. The molecule has 0 unspecified atom stereocenters. The van der Waals surface area contributed by atoms with E-state index in [1.807, 2.05) is 12.1 Å². The summed E-state index contributed by atoms with van der Waals surface area (Å²) >= 11 is 1.69. The summed E-state index contributed by atoms with van der Waals surface area (Å²) in [6, 6.07) is 3.80. The van der Waals surface area contributed by atoms with E-state index in [0.717, 1.165) is 35.2 Å². The van der Waals surface area contributed by atoms with Crippen molar-refractivity contribution in [3.8, 4) is 0 Å². The van der Waals surface area contributed by atoms with E-state index in [2.05, 4.69) is 17.2 Å². The van der Waals surface area contributed by atoms with Crippen LogP contribution in [0.25, 0.3) is 10.2 Å². The van der Waals surface area contributed by atoms with E-state index in [0.29, 0.717) is 12.5 Å². The summed E-state index contributed by atoms with van der Waals surface area (Å²) in [4.78, 5) is 24.3. The fourth-order valence-corrected chi connectivity index (χ4v) is 4.58. The molecule has 3 heterocycles. The number of nitrogens with zero attached hydrogens (tertiary/aromatic N) is 3. The Kier molecular flexibility index (Phi) is 4.06. The number of aromatic nitrogens is 3. The highest BCUT2D eigenvalue weighted by Crippen LogP contribution is 2.34. The monoisotopic (exact) mass is 340 g/mol. The minimum Gasteiger partial charge on any atom is -0.324 e. The highest BCUT2D eigenvalue weighted by Gasteiger charge is 2.21. The number of hydrogen-bond acceptors (Lipinski definition) is 5. The first-order valence-corrected chi connectivity index (χ1v) is 9.31. The van der Waals surface area contributed by atoms with Gasteiger partial charge in [0.05, 0.1) is 17.3 Å². The van der Waals surface area contributed by atoms with Crippen LogP contribution in [0, 0.1) is 0 Å². The van der Waals surface area contributed by atoms with Gasteiger partial charge in [-0.25, -0.2) is 4.98 Å². The van der Waals surface area contributed by atoms with E-state index in [1.165, 1.54) is 23.3 Å². The lowest BCUT2D eigenvalue weighted by molar-refractivity contribution is 0.655. The van der Waals surface area contributed by atoms with Crippen molar-refractivity contribution in [3.63, 3.8) is 0 Å². The predicted molar refractivity (Wildman–Crippen MR) is 98.3 cm³/mol. The topological polar surface area (TPSA) is 59.8 Å². The van der Waals surface area contributed by atoms with Crippen LogP contribution < -0.4 is 10.9 Å². The number of rotatable bonds is 4. The Morgan fingerprint density at radius 3 is 3.00 bits per heavy atom. The van der Waals surface area contributed by atoms with Crippen LogP contribution in [0.2, 0.25) is 0 Å². The third-order valence-electron chi connectivity index (χ3n) is 4.44. The van der Waals surface area contributed by atoms with E-state index >= 15 is 0 Å². The molecule has 0 amide bonds. The van der Waals surface area contributed by atoms with Crippen LogP contribution in [-0.4, -0.2) is 14.5 Å². The Hall–Kier alpha value is -2.21. The lowest BCUT2D eigenvalue weighted by Crippen LogP contribution is -2.24. The van der Waals surface area contributed by atoms with Crippen molar-refractivity contribution in [1.82, 2.24) is 14.5 Å². The number of anilines is 2. The van der Waals surface area contributed by atoms with Crippen LogP contribution in [0.15, 0.2) is 29.3 Å². The van der Waals surface area contributed by atoms with Crippen molar-refractivity contribution >= 4 is 33.2 Å². The molecule has 1 aliphatic carbocycles. The first kappa shape index (κ1) is 15.3. The molecule has 0 fully saturated rings. The summed E-state index contributed by atoms with van der Waals surface area (Å²) in [5.74, 6) is 0.612. The Morgan fingerprint density at radius 2 is 2.21 bits per heavy atom. The normalized spacial score (nSPS) is 13.9. The second-order valence-electron chi connectivity index (χ2n) is 6.15. The summed E-state index contributed by atoms with van der Waals surface area (Å²) in [6.45, 7) is 2.74. The van der Waals surface area contributed by atoms with E-state index in [-0.39, 0.29) is 5.56 Å². The summed E-state index contributed by atoms with van der Waals surface area (Å²) in [6.07, 6.45) is 8.83. The first-order valence-electron chi connectivity index (χ1n) is 8.50. The number of nitrogens with one attached hydrogen (secondary N) is 1. The van der Waals surface area contributed by atoms with Gasteiger partial charge >= 0.3 is 0 Å². The molecule has 0 radical (unpaired) electrons. The van der Waals surface area contributed by atoms with E-state index in [4.69, 9.17) is 4.98 Å². The van der Waals surface area contributed by atoms with Gasteiger partial charge in [-0.2, -0.15) is 0 Å². The molecule has 6 heteroatoms. The minimum absolute atomic E-state index is 0.0904. The molecule has 0 spiro atoms. The number of thiophene rings is 1. The molecule has 0 bridgehead atoms. The summed E-state index contributed by atoms with van der Waals surface area (Å²) < 4.78 is 1.77. The van der Waals surface area contributed by atoms with Crippen LogP contribution in [0.4, 0.5) is 11.6 Å². The lowest BCUT2D eigenvalue weighted by Gasteiger charge is -2.14. The number of pyridine rings is 1. The summed E-state index contributed by atoms with van der Waals surface area (Å²) in [5.41, 5.74) is 2.18. The molecule has 0 saturated carbocycles. The molecule has 124 valence electrons. The molecular formula is C18H20N4OS. The molecule has 3 aromatic heterocycles. The van der Waals surface area contributed by atoms with Crippen molar-refractivity contribution in [3.05, 3.63) is 45.3 Å². The standard InChI is InChI=1S/C18H20N4OS/c1-2-10-22-17(23)15-13-7-3-4-8-14(13)24-16(15)21-18(22)20-12-6-5-9-19-11-12/h5-6,9,11H,2-4,7-8,10H2,1H3,(H,20,21). The van der Waals surface area contributed by atoms with Gasteiger partial charge in [0.25, 0.3) is 5.56 Å². The zero-order valence-electron chi connectivity index (χ0n) is 13.7. The number of aryl methyl sites for hydroxylation is 2. The van der Waals surface area contributed by atoms with Crippen LogP contribution in [0.3, 0.4) is 0 Å². The third kappa shape index (κ3) is 2.60. The fourth-order valence-electron chi connectivity index (χ4n) is 3.33. The molecule has 3 aromatic rings. The van der Waals surface area contributed by atoms with Crippen LogP contribution in [-0.2, 0) is 19.4 Å². The molecule has 0 aromatic carbocycles. The number of hydrogen-bond donors (Lipinski definition) is 1.